The number of rotatable bonds is 4. The van der Waals surface area contributed by atoms with Crippen molar-refractivity contribution in [2.45, 2.75) is 0 Å². The molecule has 2 N–H and O–H groups in total. The number of benzene rings is 2. The van der Waals surface area contributed by atoms with E-state index in [0.717, 1.165) is 0 Å². The molecule has 3 aromatic rings. The maximum absolute atomic E-state index is 5.87. The van der Waals surface area contributed by atoms with Crippen molar-refractivity contribution in [1.29, 1.82) is 0 Å². The average molecular weight is 347 g/mol. The summed E-state index contributed by atoms with van der Waals surface area (Å²) in [6.45, 7) is 0. The molecule has 0 bridgehead atoms. The predicted octanol–water partition coefficient (Wildman–Crippen LogP) is 5.56. The number of nitrogen functional groups attached to an aromatic ring is 1. The highest BCUT2D eigenvalue weighted by Gasteiger charge is 2.06. The van der Waals surface area contributed by atoms with Crippen molar-refractivity contribution in [2.75, 3.05) is 5.73 Å². The fraction of sp³-hybridized carbons (Fsp3) is 0. The van der Waals surface area contributed by atoms with Gasteiger partial charge in [0.25, 0.3) is 0 Å². The first-order chi connectivity index (χ1) is 11.1. The molecule has 0 atom stereocenters. The van der Waals surface area contributed by atoms with Gasteiger partial charge in [0.05, 0.1) is 0 Å². The summed E-state index contributed by atoms with van der Waals surface area (Å²) in [5, 5.41) is 1.26. The molecule has 2 aromatic carbocycles. The van der Waals surface area contributed by atoms with Gasteiger partial charge < -0.3 is 15.2 Å². The lowest BCUT2D eigenvalue weighted by molar-refractivity contribution is 0.427. The Labute approximate surface area is 143 Å². The molecule has 1 heterocycles. The summed E-state index contributed by atoms with van der Waals surface area (Å²) in [7, 11) is 0. The SMILES string of the molecule is Nc1cc(Oc2ccc(Cl)cc2)nc(Oc2ccc(Cl)cc2)c1. The van der Waals surface area contributed by atoms with Crippen molar-refractivity contribution in [3.8, 4) is 23.3 Å². The van der Waals surface area contributed by atoms with Crippen LogP contribution in [0.1, 0.15) is 0 Å². The lowest BCUT2D eigenvalue weighted by Gasteiger charge is -2.09. The first-order valence-corrected chi connectivity index (χ1v) is 7.48. The van der Waals surface area contributed by atoms with Crippen molar-refractivity contribution in [3.63, 3.8) is 0 Å². The normalized spacial score (nSPS) is 10.3. The Hall–Kier alpha value is -2.43. The number of aromatic nitrogens is 1. The van der Waals surface area contributed by atoms with Crippen molar-refractivity contribution in [3.05, 3.63) is 70.7 Å². The molecule has 0 aliphatic rings. The number of anilines is 1. The van der Waals surface area contributed by atoms with Crippen LogP contribution < -0.4 is 15.2 Å². The Kier molecular flexibility index (Phi) is 4.55. The van der Waals surface area contributed by atoms with Crippen molar-refractivity contribution < 1.29 is 9.47 Å². The lowest BCUT2D eigenvalue weighted by atomic mass is 10.3. The molecule has 1 aromatic heterocycles. The molecule has 0 aliphatic carbocycles. The number of pyridine rings is 1. The van der Waals surface area contributed by atoms with Gasteiger partial charge in [-0.05, 0) is 48.5 Å². The predicted molar refractivity (Wildman–Crippen MR) is 91.7 cm³/mol. The van der Waals surface area contributed by atoms with Gasteiger partial charge >= 0.3 is 0 Å². The van der Waals surface area contributed by atoms with Crippen LogP contribution in [0.15, 0.2) is 60.7 Å². The average Bonchev–Trinajstić information content (AvgIpc) is 2.51. The molecule has 0 saturated carbocycles. The third kappa shape index (κ3) is 4.28. The molecular formula is C17H12Cl2N2O2. The number of nitrogens with two attached hydrogens (primary N) is 1. The van der Waals surface area contributed by atoms with E-state index in [4.69, 9.17) is 38.4 Å². The third-order valence-corrected chi connectivity index (χ3v) is 3.38. The van der Waals surface area contributed by atoms with Crippen LogP contribution in [0.5, 0.6) is 23.3 Å². The van der Waals surface area contributed by atoms with Crippen molar-refractivity contribution in [1.82, 2.24) is 4.98 Å². The standard InChI is InChI=1S/C17H12Cl2N2O2/c18-11-1-5-14(6-2-11)22-16-9-13(20)10-17(21-16)23-15-7-3-12(19)4-8-15/h1-10H,(H2,20,21). The first kappa shape index (κ1) is 15.5. The van der Waals surface area contributed by atoms with Gasteiger partial charge in [-0.2, -0.15) is 4.98 Å². The smallest absolute Gasteiger partial charge is 0.224 e. The molecule has 0 amide bonds. The first-order valence-electron chi connectivity index (χ1n) is 6.73. The summed E-state index contributed by atoms with van der Waals surface area (Å²) in [4.78, 5) is 4.28. The summed E-state index contributed by atoms with van der Waals surface area (Å²) in [6, 6.07) is 17.1. The van der Waals surface area contributed by atoms with Crippen molar-refractivity contribution in [2.24, 2.45) is 0 Å². The highest BCUT2D eigenvalue weighted by Crippen LogP contribution is 2.28. The number of hydrogen-bond donors (Lipinski definition) is 1. The van der Waals surface area contributed by atoms with E-state index < -0.39 is 0 Å². The fourth-order valence-electron chi connectivity index (χ4n) is 1.85. The van der Waals surface area contributed by atoms with E-state index in [1.807, 2.05) is 0 Å². The monoisotopic (exact) mass is 346 g/mol. The molecule has 0 aliphatic heterocycles. The van der Waals surface area contributed by atoms with Gasteiger partial charge in [0.2, 0.25) is 11.8 Å². The number of nitrogens with zero attached hydrogens (tertiary/aromatic N) is 1. The van der Waals surface area contributed by atoms with Crippen LogP contribution in [0, 0.1) is 0 Å². The largest absolute Gasteiger partial charge is 0.439 e. The van der Waals surface area contributed by atoms with Gasteiger partial charge in [-0.3, -0.25) is 0 Å². The van der Waals surface area contributed by atoms with E-state index in [-0.39, 0.29) is 0 Å². The van der Waals surface area contributed by atoms with Crippen molar-refractivity contribution >= 4 is 28.9 Å². The summed E-state index contributed by atoms with van der Waals surface area (Å²) < 4.78 is 11.3. The van der Waals surface area contributed by atoms with Crippen LogP contribution in [0.25, 0.3) is 0 Å². The Balaban J connectivity index is 1.81. The van der Waals surface area contributed by atoms with Crippen LogP contribution in [-0.2, 0) is 0 Å². The lowest BCUT2D eigenvalue weighted by Crippen LogP contribution is -1.95. The summed E-state index contributed by atoms with van der Waals surface area (Å²) in [5.74, 6) is 1.86. The minimum absolute atomic E-state index is 0.330. The van der Waals surface area contributed by atoms with Crippen LogP contribution >= 0.6 is 23.2 Å². The second kappa shape index (κ2) is 6.77. The Morgan fingerprint density at radius 1 is 0.696 bits per heavy atom. The molecular weight excluding hydrogens is 335 g/mol. The second-order valence-electron chi connectivity index (χ2n) is 4.69. The van der Waals surface area contributed by atoms with Crippen LogP contribution in [0.4, 0.5) is 5.69 Å². The Morgan fingerprint density at radius 3 is 1.48 bits per heavy atom. The van der Waals surface area contributed by atoms with Crippen LogP contribution in [0.3, 0.4) is 0 Å². The van der Waals surface area contributed by atoms with E-state index in [9.17, 15) is 0 Å². The molecule has 0 radical (unpaired) electrons. The molecule has 0 unspecified atom stereocenters. The number of ether oxygens (including phenoxy) is 2. The molecule has 0 fully saturated rings. The molecule has 4 nitrogen and oxygen atoms in total. The fourth-order valence-corrected chi connectivity index (χ4v) is 2.10. The molecule has 6 heteroatoms. The molecule has 116 valence electrons. The van der Waals surface area contributed by atoms with Gasteiger partial charge in [-0.25, -0.2) is 0 Å². The Morgan fingerprint density at radius 2 is 1.09 bits per heavy atom. The quantitative estimate of drug-likeness (QED) is 0.672. The summed E-state index contributed by atoms with van der Waals surface area (Å²) in [6.07, 6.45) is 0. The van der Waals surface area contributed by atoms with Crippen LogP contribution in [-0.4, -0.2) is 4.98 Å². The maximum Gasteiger partial charge on any atom is 0.224 e. The topological polar surface area (TPSA) is 57.4 Å². The molecule has 0 spiro atoms. The Bertz CT molecular complexity index is 740. The summed E-state index contributed by atoms with van der Waals surface area (Å²) in [5.41, 5.74) is 6.35. The zero-order valence-corrected chi connectivity index (χ0v) is 13.4. The molecule has 23 heavy (non-hydrogen) atoms. The van der Waals surface area contributed by atoms with E-state index in [1.165, 1.54) is 0 Å². The number of halogens is 2. The van der Waals surface area contributed by atoms with Gasteiger partial charge in [0.15, 0.2) is 0 Å². The third-order valence-electron chi connectivity index (χ3n) is 2.87. The van der Waals surface area contributed by atoms with E-state index in [2.05, 4.69) is 4.98 Å². The van der Waals surface area contributed by atoms with Crippen LogP contribution in [0.2, 0.25) is 10.0 Å². The molecule has 3 rings (SSSR count). The number of hydrogen-bond acceptors (Lipinski definition) is 4. The summed E-state index contributed by atoms with van der Waals surface area (Å²) >= 11 is 11.7. The van der Waals surface area contributed by atoms with Gasteiger partial charge in [-0.15, -0.1) is 0 Å². The minimum atomic E-state index is 0.330. The zero-order valence-electron chi connectivity index (χ0n) is 11.9. The van der Waals surface area contributed by atoms with Gasteiger partial charge in [0, 0.05) is 27.9 Å². The highest BCUT2D eigenvalue weighted by molar-refractivity contribution is 6.30. The molecule has 0 saturated heterocycles. The van der Waals surface area contributed by atoms with E-state index >= 15 is 0 Å². The second-order valence-corrected chi connectivity index (χ2v) is 5.56. The maximum atomic E-state index is 5.87. The zero-order chi connectivity index (χ0) is 16.2. The van der Waals surface area contributed by atoms with Gasteiger partial charge in [0.1, 0.15) is 11.5 Å². The van der Waals surface area contributed by atoms with E-state index in [1.54, 1.807) is 60.7 Å². The van der Waals surface area contributed by atoms with E-state index in [0.29, 0.717) is 39.0 Å². The van der Waals surface area contributed by atoms with Gasteiger partial charge in [-0.1, -0.05) is 23.2 Å². The minimum Gasteiger partial charge on any atom is -0.439 e. The highest BCUT2D eigenvalue weighted by atomic mass is 35.5.